The van der Waals surface area contributed by atoms with Crippen molar-refractivity contribution in [2.45, 2.75) is 12.8 Å². The molecule has 0 radical (unpaired) electrons. The molecule has 2 aromatic rings. The summed E-state index contributed by atoms with van der Waals surface area (Å²) in [5, 5.41) is 0. The fraction of sp³-hybridized carbons (Fsp3) is 0.400. The van der Waals surface area contributed by atoms with E-state index in [1.54, 1.807) is 0 Å². The van der Waals surface area contributed by atoms with Crippen LogP contribution in [0.2, 0.25) is 0 Å². The molecule has 1 N–H and O–H groups in total. The Bertz CT molecular complexity index is 550. The highest BCUT2D eigenvalue weighted by atomic mass is 15.3. The van der Waals surface area contributed by atoms with E-state index in [1.165, 1.54) is 12.8 Å². The first-order valence-corrected chi connectivity index (χ1v) is 6.75. The Hall–Kier alpha value is -1.77. The molecule has 4 rings (SSSR count). The highest BCUT2D eigenvalue weighted by Crippen LogP contribution is 2.34. The minimum absolute atomic E-state index is 0.822. The maximum atomic E-state index is 4.70. The maximum absolute atomic E-state index is 4.70. The van der Waals surface area contributed by atoms with Crippen LogP contribution in [-0.4, -0.2) is 23.1 Å². The number of rotatable bonds is 1. The lowest BCUT2D eigenvalue weighted by molar-refractivity contribution is 0.411. The van der Waals surface area contributed by atoms with Gasteiger partial charge in [0.05, 0.1) is 11.0 Å². The van der Waals surface area contributed by atoms with E-state index in [0.29, 0.717) is 0 Å². The third kappa shape index (κ3) is 1.54. The maximum Gasteiger partial charge on any atom is 0.203 e. The summed E-state index contributed by atoms with van der Waals surface area (Å²) in [6.45, 7) is 2.30. The van der Waals surface area contributed by atoms with E-state index in [-0.39, 0.29) is 0 Å². The molecule has 92 valence electrons. The number of nitrogens with one attached hydrogen (secondary N) is 1. The van der Waals surface area contributed by atoms with Gasteiger partial charge in [0.15, 0.2) is 0 Å². The molecular weight excluding hydrogens is 222 g/mol. The molecule has 1 aliphatic heterocycles. The van der Waals surface area contributed by atoms with Crippen LogP contribution in [0.1, 0.15) is 12.8 Å². The zero-order valence-electron chi connectivity index (χ0n) is 10.3. The van der Waals surface area contributed by atoms with Crippen molar-refractivity contribution in [3.8, 4) is 0 Å². The SMILES string of the molecule is C1=CCC2CN(c3nc4ccccc4[nH]3)CC2C1. The Balaban J connectivity index is 1.64. The van der Waals surface area contributed by atoms with Gasteiger partial charge in [0, 0.05) is 13.1 Å². The Morgan fingerprint density at radius 1 is 1.06 bits per heavy atom. The van der Waals surface area contributed by atoms with Crippen LogP contribution in [0, 0.1) is 11.8 Å². The lowest BCUT2D eigenvalue weighted by atomic mass is 9.86. The van der Waals surface area contributed by atoms with E-state index in [4.69, 9.17) is 4.98 Å². The number of hydrogen-bond donors (Lipinski definition) is 1. The van der Waals surface area contributed by atoms with Gasteiger partial charge in [-0.25, -0.2) is 4.98 Å². The van der Waals surface area contributed by atoms with Gasteiger partial charge >= 0.3 is 0 Å². The molecule has 18 heavy (non-hydrogen) atoms. The highest BCUT2D eigenvalue weighted by Gasteiger charge is 2.33. The van der Waals surface area contributed by atoms with Crippen molar-refractivity contribution >= 4 is 17.0 Å². The fourth-order valence-electron chi connectivity index (χ4n) is 3.28. The Labute approximate surface area is 107 Å². The van der Waals surface area contributed by atoms with Gasteiger partial charge in [-0.1, -0.05) is 24.3 Å². The van der Waals surface area contributed by atoms with Crippen LogP contribution >= 0.6 is 0 Å². The predicted octanol–water partition coefficient (Wildman–Crippen LogP) is 2.97. The summed E-state index contributed by atoms with van der Waals surface area (Å²) < 4.78 is 0. The fourth-order valence-corrected chi connectivity index (χ4v) is 3.28. The first-order chi connectivity index (χ1) is 8.90. The summed E-state index contributed by atoms with van der Waals surface area (Å²) in [5.41, 5.74) is 2.21. The summed E-state index contributed by atoms with van der Waals surface area (Å²) in [7, 11) is 0. The number of hydrogen-bond acceptors (Lipinski definition) is 2. The van der Waals surface area contributed by atoms with Crippen LogP contribution < -0.4 is 4.90 Å². The zero-order chi connectivity index (χ0) is 11.9. The molecule has 0 bridgehead atoms. The first kappa shape index (κ1) is 10.2. The standard InChI is InChI=1S/C15H17N3/c1-2-6-12-10-18(9-11(12)5-1)15-16-13-7-3-4-8-14(13)17-15/h1-4,7-8,11-12H,5-6,9-10H2,(H,16,17). The number of para-hydroxylation sites is 2. The van der Waals surface area contributed by atoms with Crippen LogP contribution in [0.4, 0.5) is 5.95 Å². The average molecular weight is 239 g/mol. The lowest BCUT2D eigenvalue weighted by Gasteiger charge is -2.17. The molecular formula is C15H17N3. The van der Waals surface area contributed by atoms with E-state index in [9.17, 15) is 0 Å². The molecule has 1 aromatic carbocycles. The molecule has 1 aliphatic carbocycles. The third-order valence-electron chi connectivity index (χ3n) is 4.30. The minimum atomic E-state index is 0.822. The summed E-state index contributed by atoms with van der Waals surface area (Å²) in [4.78, 5) is 10.6. The highest BCUT2D eigenvalue weighted by molar-refractivity contribution is 5.77. The van der Waals surface area contributed by atoms with E-state index in [1.807, 2.05) is 6.07 Å². The van der Waals surface area contributed by atoms with Crippen molar-refractivity contribution in [3.63, 3.8) is 0 Å². The number of aromatic nitrogens is 2. The zero-order valence-corrected chi connectivity index (χ0v) is 10.3. The van der Waals surface area contributed by atoms with E-state index >= 15 is 0 Å². The molecule has 1 saturated heterocycles. The van der Waals surface area contributed by atoms with Crippen LogP contribution in [0.25, 0.3) is 11.0 Å². The minimum Gasteiger partial charge on any atom is -0.342 e. The topological polar surface area (TPSA) is 31.9 Å². The number of H-pyrrole nitrogens is 1. The van der Waals surface area contributed by atoms with Crippen LogP contribution in [0.15, 0.2) is 36.4 Å². The van der Waals surface area contributed by atoms with E-state index in [0.717, 1.165) is 41.9 Å². The Morgan fingerprint density at radius 2 is 1.78 bits per heavy atom. The molecule has 3 nitrogen and oxygen atoms in total. The number of benzene rings is 1. The molecule has 1 fully saturated rings. The molecule has 0 amide bonds. The Morgan fingerprint density at radius 3 is 2.50 bits per heavy atom. The molecule has 2 aliphatic rings. The van der Waals surface area contributed by atoms with Gasteiger partial charge < -0.3 is 9.88 Å². The summed E-state index contributed by atoms with van der Waals surface area (Å²) in [5.74, 6) is 2.69. The molecule has 0 saturated carbocycles. The second kappa shape index (κ2) is 3.87. The Kier molecular flexibility index (Phi) is 2.19. The number of anilines is 1. The molecule has 3 heteroatoms. The number of nitrogens with zero attached hydrogens (tertiary/aromatic N) is 2. The van der Waals surface area contributed by atoms with Gasteiger partial charge in [-0.05, 0) is 36.8 Å². The van der Waals surface area contributed by atoms with Gasteiger partial charge in [0.2, 0.25) is 5.95 Å². The number of imidazole rings is 1. The van der Waals surface area contributed by atoms with Crippen molar-refractivity contribution < 1.29 is 0 Å². The molecule has 0 spiro atoms. The van der Waals surface area contributed by atoms with E-state index in [2.05, 4.69) is 40.2 Å². The van der Waals surface area contributed by atoms with Crippen molar-refractivity contribution in [1.82, 2.24) is 9.97 Å². The molecule has 1 aromatic heterocycles. The van der Waals surface area contributed by atoms with Gasteiger partial charge in [0.1, 0.15) is 0 Å². The first-order valence-electron chi connectivity index (χ1n) is 6.75. The largest absolute Gasteiger partial charge is 0.342 e. The molecule has 2 heterocycles. The summed E-state index contributed by atoms with van der Waals surface area (Å²) in [6, 6.07) is 8.26. The molecule has 2 unspecified atom stereocenters. The van der Waals surface area contributed by atoms with E-state index < -0.39 is 0 Å². The van der Waals surface area contributed by atoms with Crippen molar-refractivity contribution in [2.24, 2.45) is 11.8 Å². The third-order valence-corrected chi connectivity index (χ3v) is 4.30. The quantitative estimate of drug-likeness (QED) is 0.776. The number of fused-ring (bicyclic) bond motifs is 2. The van der Waals surface area contributed by atoms with Gasteiger partial charge in [-0.15, -0.1) is 0 Å². The number of allylic oxidation sites excluding steroid dienone is 2. The normalized spacial score (nSPS) is 26.8. The predicted molar refractivity (Wildman–Crippen MR) is 73.7 cm³/mol. The number of aromatic amines is 1. The smallest absolute Gasteiger partial charge is 0.203 e. The monoisotopic (exact) mass is 239 g/mol. The van der Waals surface area contributed by atoms with Gasteiger partial charge in [-0.2, -0.15) is 0 Å². The van der Waals surface area contributed by atoms with Crippen molar-refractivity contribution in [1.29, 1.82) is 0 Å². The second-order valence-electron chi connectivity index (χ2n) is 5.45. The van der Waals surface area contributed by atoms with Crippen molar-refractivity contribution in [3.05, 3.63) is 36.4 Å². The van der Waals surface area contributed by atoms with Crippen molar-refractivity contribution in [2.75, 3.05) is 18.0 Å². The van der Waals surface area contributed by atoms with Crippen LogP contribution in [0.3, 0.4) is 0 Å². The van der Waals surface area contributed by atoms with Gasteiger partial charge in [-0.3, -0.25) is 0 Å². The summed E-state index contributed by atoms with van der Waals surface area (Å²) in [6.07, 6.45) is 7.15. The summed E-state index contributed by atoms with van der Waals surface area (Å²) >= 11 is 0. The second-order valence-corrected chi connectivity index (χ2v) is 5.45. The molecule has 2 atom stereocenters. The average Bonchev–Trinajstić information content (AvgIpc) is 3.02. The van der Waals surface area contributed by atoms with Gasteiger partial charge in [0.25, 0.3) is 0 Å². The lowest BCUT2D eigenvalue weighted by Crippen LogP contribution is -2.21. The van der Waals surface area contributed by atoms with Crippen LogP contribution in [-0.2, 0) is 0 Å². The van der Waals surface area contributed by atoms with Crippen LogP contribution in [0.5, 0.6) is 0 Å².